The van der Waals surface area contributed by atoms with Gasteiger partial charge in [0.1, 0.15) is 11.5 Å². The summed E-state index contributed by atoms with van der Waals surface area (Å²) in [5, 5.41) is 13.7. The first-order chi connectivity index (χ1) is 8.65. The molecular formula is C14H14O3S. The summed E-state index contributed by atoms with van der Waals surface area (Å²) in [5.41, 5.74) is 1.10. The Labute approximate surface area is 109 Å². The Kier molecular flexibility index (Phi) is 2.74. The molecule has 3 nitrogen and oxygen atoms in total. The molecule has 1 aliphatic rings. The molecule has 0 atom stereocenters. The monoisotopic (exact) mass is 262 g/mol. The first-order valence-electron chi connectivity index (χ1n) is 5.99. The molecule has 0 amide bonds. The highest BCUT2D eigenvalue weighted by Gasteiger charge is 2.43. The minimum Gasteiger partial charge on any atom is -0.508 e. The predicted molar refractivity (Wildman–Crippen MR) is 70.0 cm³/mol. The molecule has 4 heteroatoms. The SMILES string of the molecule is O=c1cc(O)cc(CC2(Cc3ccsc3)CC2)o1. The van der Waals surface area contributed by atoms with Crippen molar-refractivity contribution in [3.05, 3.63) is 50.7 Å². The molecule has 94 valence electrons. The first-order valence-corrected chi connectivity index (χ1v) is 6.94. The normalized spacial score (nSPS) is 16.7. The van der Waals surface area contributed by atoms with Gasteiger partial charge >= 0.3 is 5.63 Å². The van der Waals surface area contributed by atoms with Gasteiger partial charge in [-0.05, 0) is 47.1 Å². The van der Waals surface area contributed by atoms with Crippen molar-refractivity contribution in [1.82, 2.24) is 0 Å². The van der Waals surface area contributed by atoms with Crippen LogP contribution in [0.15, 0.2) is 38.2 Å². The van der Waals surface area contributed by atoms with Crippen molar-refractivity contribution in [2.24, 2.45) is 5.41 Å². The summed E-state index contributed by atoms with van der Waals surface area (Å²) in [6.45, 7) is 0. The van der Waals surface area contributed by atoms with E-state index in [0.29, 0.717) is 5.76 Å². The number of hydrogen-bond acceptors (Lipinski definition) is 4. The van der Waals surface area contributed by atoms with Crippen LogP contribution in [0.1, 0.15) is 24.2 Å². The summed E-state index contributed by atoms with van der Waals surface area (Å²) >= 11 is 1.71. The molecule has 0 unspecified atom stereocenters. The Morgan fingerprint density at radius 3 is 2.78 bits per heavy atom. The van der Waals surface area contributed by atoms with Crippen LogP contribution in [-0.4, -0.2) is 5.11 Å². The van der Waals surface area contributed by atoms with E-state index in [1.54, 1.807) is 17.4 Å². The highest BCUT2D eigenvalue weighted by atomic mass is 32.1. The minimum atomic E-state index is -0.476. The van der Waals surface area contributed by atoms with E-state index in [0.717, 1.165) is 31.7 Å². The van der Waals surface area contributed by atoms with Crippen molar-refractivity contribution in [3.63, 3.8) is 0 Å². The van der Waals surface area contributed by atoms with Crippen molar-refractivity contribution >= 4 is 11.3 Å². The minimum absolute atomic E-state index is 0.00687. The molecular weight excluding hydrogens is 248 g/mol. The molecule has 1 fully saturated rings. The standard InChI is InChI=1S/C14H14O3S/c15-11-5-12(17-13(16)6-11)8-14(2-3-14)7-10-1-4-18-9-10/h1,4-6,9,15H,2-3,7-8H2. The van der Waals surface area contributed by atoms with Crippen molar-refractivity contribution in [2.45, 2.75) is 25.7 Å². The van der Waals surface area contributed by atoms with Crippen LogP contribution in [0.2, 0.25) is 0 Å². The van der Waals surface area contributed by atoms with Gasteiger partial charge in [0, 0.05) is 12.5 Å². The smallest absolute Gasteiger partial charge is 0.339 e. The van der Waals surface area contributed by atoms with Gasteiger partial charge in [0.05, 0.1) is 6.07 Å². The highest BCUT2D eigenvalue weighted by molar-refractivity contribution is 7.07. The highest BCUT2D eigenvalue weighted by Crippen LogP contribution is 2.51. The molecule has 1 aliphatic carbocycles. The van der Waals surface area contributed by atoms with Crippen LogP contribution in [0, 0.1) is 5.41 Å². The molecule has 0 aromatic carbocycles. The van der Waals surface area contributed by atoms with E-state index >= 15 is 0 Å². The molecule has 0 spiro atoms. The van der Waals surface area contributed by atoms with Gasteiger partial charge < -0.3 is 9.52 Å². The van der Waals surface area contributed by atoms with Gasteiger partial charge in [0.25, 0.3) is 0 Å². The quantitative estimate of drug-likeness (QED) is 0.921. The maximum absolute atomic E-state index is 11.2. The number of aromatic hydroxyl groups is 1. The Morgan fingerprint density at radius 2 is 2.17 bits per heavy atom. The Hall–Kier alpha value is -1.55. The molecule has 2 heterocycles. The third kappa shape index (κ3) is 2.48. The Balaban J connectivity index is 1.77. The summed E-state index contributed by atoms with van der Waals surface area (Å²) in [7, 11) is 0. The summed E-state index contributed by atoms with van der Waals surface area (Å²) in [4.78, 5) is 11.2. The van der Waals surface area contributed by atoms with Gasteiger partial charge in [-0.3, -0.25) is 0 Å². The topological polar surface area (TPSA) is 50.4 Å². The van der Waals surface area contributed by atoms with Gasteiger partial charge in [-0.25, -0.2) is 4.79 Å². The molecule has 0 saturated heterocycles. The van der Waals surface area contributed by atoms with Crippen molar-refractivity contribution in [2.75, 3.05) is 0 Å². The van der Waals surface area contributed by atoms with Gasteiger partial charge in [-0.15, -0.1) is 0 Å². The van der Waals surface area contributed by atoms with Crippen molar-refractivity contribution in [1.29, 1.82) is 0 Å². The average molecular weight is 262 g/mol. The zero-order valence-corrected chi connectivity index (χ0v) is 10.7. The molecule has 2 aromatic heterocycles. The fraction of sp³-hybridized carbons (Fsp3) is 0.357. The van der Waals surface area contributed by atoms with Gasteiger partial charge in [0.15, 0.2) is 0 Å². The van der Waals surface area contributed by atoms with Crippen LogP contribution in [-0.2, 0) is 12.8 Å². The first kappa shape index (κ1) is 11.5. The van der Waals surface area contributed by atoms with Crippen LogP contribution >= 0.6 is 11.3 Å². The molecule has 3 rings (SSSR count). The molecule has 18 heavy (non-hydrogen) atoms. The summed E-state index contributed by atoms with van der Waals surface area (Å²) in [6, 6.07) is 4.79. The van der Waals surface area contributed by atoms with Gasteiger partial charge in [-0.2, -0.15) is 11.3 Å². The molecule has 1 N–H and O–H groups in total. The molecule has 0 bridgehead atoms. The van der Waals surface area contributed by atoms with E-state index in [4.69, 9.17) is 4.42 Å². The number of hydrogen-bond donors (Lipinski definition) is 1. The number of rotatable bonds is 4. The zero-order valence-electron chi connectivity index (χ0n) is 9.89. The van der Waals surface area contributed by atoms with Crippen LogP contribution in [0.25, 0.3) is 0 Å². The third-order valence-electron chi connectivity index (χ3n) is 3.47. The van der Waals surface area contributed by atoms with E-state index in [1.807, 2.05) is 0 Å². The maximum atomic E-state index is 11.2. The van der Waals surface area contributed by atoms with E-state index < -0.39 is 5.63 Å². The second-order valence-electron chi connectivity index (χ2n) is 5.09. The van der Waals surface area contributed by atoms with Crippen molar-refractivity contribution in [3.8, 4) is 5.75 Å². The van der Waals surface area contributed by atoms with E-state index in [1.165, 1.54) is 5.56 Å². The lowest BCUT2D eigenvalue weighted by molar-refractivity contribution is 0.382. The van der Waals surface area contributed by atoms with E-state index in [9.17, 15) is 9.90 Å². The second kappa shape index (κ2) is 4.28. The lowest BCUT2D eigenvalue weighted by atomic mass is 9.93. The molecule has 2 aromatic rings. The van der Waals surface area contributed by atoms with Crippen LogP contribution in [0.5, 0.6) is 5.75 Å². The van der Waals surface area contributed by atoms with Crippen LogP contribution < -0.4 is 5.63 Å². The van der Waals surface area contributed by atoms with Gasteiger partial charge in [-0.1, -0.05) is 0 Å². The molecule has 0 radical (unpaired) electrons. The van der Waals surface area contributed by atoms with Gasteiger partial charge in [0.2, 0.25) is 0 Å². The Bertz CT molecular complexity index is 594. The lowest BCUT2D eigenvalue weighted by Crippen LogP contribution is -2.10. The lowest BCUT2D eigenvalue weighted by Gasteiger charge is -2.13. The fourth-order valence-electron chi connectivity index (χ4n) is 2.39. The molecule has 0 aliphatic heterocycles. The van der Waals surface area contributed by atoms with Crippen LogP contribution in [0.3, 0.4) is 0 Å². The maximum Gasteiger partial charge on any atom is 0.339 e. The predicted octanol–water partition coefficient (Wildman–Crippen LogP) is 2.97. The zero-order chi connectivity index (χ0) is 12.6. The van der Waals surface area contributed by atoms with E-state index in [2.05, 4.69) is 16.8 Å². The number of thiophene rings is 1. The fourth-order valence-corrected chi connectivity index (χ4v) is 3.06. The van der Waals surface area contributed by atoms with Crippen molar-refractivity contribution < 1.29 is 9.52 Å². The summed E-state index contributed by atoms with van der Waals surface area (Å²) in [5.74, 6) is 0.584. The van der Waals surface area contributed by atoms with Crippen LogP contribution in [0.4, 0.5) is 0 Å². The summed E-state index contributed by atoms with van der Waals surface area (Å²) < 4.78 is 5.14. The average Bonchev–Trinajstić information content (AvgIpc) is 2.84. The third-order valence-corrected chi connectivity index (χ3v) is 4.20. The van der Waals surface area contributed by atoms with E-state index in [-0.39, 0.29) is 11.2 Å². The summed E-state index contributed by atoms with van der Waals surface area (Å²) in [6.07, 6.45) is 4.06. The largest absolute Gasteiger partial charge is 0.508 e. The molecule has 1 saturated carbocycles. The second-order valence-corrected chi connectivity index (χ2v) is 5.87. The Morgan fingerprint density at radius 1 is 1.33 bits per heavy atom.